The molecule has 3 nitrogen and oxygen atoms in total. The molecule has 3 rings (SSSR count). The molecule has 0 aliphatic heterocycles. The van der Waals surface area contributed by atoms with Crippen molar-refractivity contribution in [1.29, 1.82) is 0 Å². The number of benzene rings is 2. The van der Waals surface area contributed by atoms with Crippen molar-refractivity contribution in [2.24, 2.45) is 0 Å². The van der Waals surface area contributed by atoms with E-state index in [0.717, 1.165) is 5.56 Å². The van der Waals surface area contributed by atoms with E-state index in [-0.39, 0.29) is 12.1 Å². The summed E-state index contributed by atoms with van der Waals surface area (Å²) < 4.78 is 29.2. The van der Waals surface area contributed by atoms with Crippen LogP contribution < -0.4 is 5.73 Å². The van der Waals surface area contributed by atoms with Crippen molar-refractivity contribution in [3.05, 3.63) is 72.1 Å². The Morgan fingerprint density at radius 3 is 2.33 bits per heavy atom. The molecular formula is C16H13F2N3. The summed E-state index contributed by atoms with van der Waals surface area (Å²) in [4.78, 5) is 4.25. The summed E-state index contributed by atoms with van der Waals surface area (Å²) >= 11 is 0. The average Bonchev–Trinajstić information content (AvgIpc) is 2.92. The largest absolute Gasteiger partial charge is 0.399 e. The van der Waals surface area contributed by atoms with E-state index in [1.807, 2.05) is 12.1 Å². The SMILES string of the molecule is Nc1ccc(-c2nccn2Cc2c(F)cccc2F)cc1. The molecule has 0 atom stereocenters. The van der Waals surface area contributed by atoms with Gasteiger partial charge in [0.2, 0.25) is 0 Å². The number of anilines is 1. The van der Waals surface area contributed by atoms with Crippen molar-refractivity contribution in [1.82, 2.24) is 9.55 Å². The van der Waals surface area contributed by atoms with Crippen LogP contribution in [0.5, 0.6) is 0 Å². The van der Waals surface area contributed by atoms with Gasteiger partial charge in [-0.05, 0) is 36.4 Å². The molecular weight excluding hydrogens is 272 g/mol. The second kappa shape index (κ2) is 5.36. The summed E-state index contributed by atoms with van der Waals surface area (Å²) in [5, 5.41) is 0. The maximum Gasteiger partial charge on any atom is 0.140 e. The van der Waals surface area contributed by atoms with E-state index in [1.165, 1.54) is 18.2 Å². The Labute approximate surface area is 120 Å². The van der Waals surface area contributed by atoms with E-state index in [1.54, 1.807) is 29.1 Å². The second-order valence-electron chi connectivity index (χ2n) is 4.70. The highest BCUT2D eigenvalue weighted by Gasteiger charge is 2.12. The summed E-state index contributed by atoms with van der Waals surface area (Å²) in [6.45, 7) is 0.0816. The molecule has 2 aromatic carbocycles. The number of nitrogen functional groups attached to an aromatic ring is 1. The molecule has 0 spiro atoms. The van der Waals surface area contributed by atoms with E-state index in [2.05, 4.69) is 4.98 Å². The Balaban J connectivity index is 1.98. The first kappa shape index (κ1) is 13.3. The van der Waals surface area contributed by atoms with Crippen LogP contribution in [0.15, 0.2) is 54.9 Å². The minimum Gasteiger partial charge on any atom is -0.399 e. The highest BCUT2D eigenvalue weighted by molar-refractivity contribution is 5.59. The number of imidazole rings is 1. The lowest BCUT2D eigenvalue weighted by atomic mass is 10.1. The number of hydrogen-bond acceptors (Lipinski definition) is 2. The van der Waals surface area contributed by atoms with E-state index >= 15 is 0 Å². The number of rotatable bonds is 3. The summed E-state index contributed by atoms with van der Waals surface area (Å²) in [6, 6.07) is 11.0. The molecule has 0 aliphatic rings. The van der Waals surface area contributed by atoms with Crippen LogP contribution >= 0.6 is 0 Å². The van der Waals surface area contributed by atoms with E-state index in [0.29, 0.717) is 11.5 Å². The van der Waals surface area contributed by atoms with Crippen LogP contribution in [0, 0.1) is 11.6 Å². The first-order valence-corrected chi connectivity index (χ1v) is 6.45. The Hall–Kier alpha value is -2.69. The molecule has 0 bridgehead atoms. The van der Waals surface area contributed by atoms with Gasteiger partial charge >= 0.3 is 0 Å². The van der Waals surface area contributed by atoms with Crippen LogP contribution in [0.25, 0.3) is 11.4 Å². The normalized spacial score (nSPS) is 10.8. The van der Waals surface area contributed by atoms with Gasteiger partial charge in [0.05, 0.1) is 6.54 Å². The Morgan fingerprint density at radius 2 is 1.67 bits per heavy atom. The van der Waals surface area contributed by atoms with Crippen molar-refractivity contribution in [2.75, 3.05) is 5.73 Å². The fraction of sp³-hybridized carbons (Fsp3) is 0.0625. The Kier molecular flexibility index (Phi) is 3.39. The van der Waals surface area contributed by atoms with Crippen LogP contribution in [0.3, 0.4) is 0 Å². The zero-order valence-corrected chi connectivity index (χ0v) is 11.1. The van der Waals surface area contributed by atoms with Gasteiger partial charge in [0.1, 0.15) is 17.5 Å². The third-order valence-electron chi connectivity index (χ3n) is 3.27. The maximum atomic E-state index is 13.7. The van der Waals surface area contributed by atoms with Crippen LogP contribution in [0.2, 0.25) is 0 Å². The van der Waals surface area contributed by atoms with E-state index < -0.39 is 11.6 Å². The monoisotopic (exact) mass is 285 g/mol. The third kappa shape index (κ3) is 2.63. The van der Waals surface area contributed by atoms with Crippen LogP contribution in [-0.2, 0) is 6.54 Å². The van der Waals surface area contributed by atoms with Crippen molar-refractivity contribution >= 4 is 5.69 Å². The van der Waals surface area contributed by atoms with Crippen molar-refractivity contribution < 1.29 is 8.78 Å². The predicted octanol–water partition coefficient (Wildman–Crippen LogP) is 3.46. The van der Waals surface area contributed by atoms with Crippen LogP contribution in [0.1, 0.15) is 5.56 Å². The molecule has 0 unspecified atom stereocenters. The van der Waals surface area contributed by atoms with Gasteiger partial charge in [0.15, 0.2) is 0 Å². The fourth-order valence-electron chi connectivity index (χ4n) is 2.18. The van der Waals surface area contributed by atoms with Gasteiger partial charge in [0, 0.05) is 29.2 Å². The summed E-state index contributed by atoms with van der Waals surface area (Å²) in [7, 11) is 0. The minimum atomic E-state index is -0.563. The lowest BCUT2D eigenvalue weighted by Crippen LogP contribution is -2.05. The van der Waals surface area contributed by atoms with Gasteiger partial charge < -0.3 is 10.3 Å². The van der Waals surface area contributed by atoms with Gasteiger partial charge in [-0.25, -0.2) is 13.8 Å². The smallest absolute Gasteiger partial charge is 0.140 e. The summed E-state index contributed by atoms with van der Waals surface area (Å²) in [6.07, 6.45) is 3.29. The highest BCUT2D eigenvalue weighted by atomic mass is 19.1. The standard InChI is InChI=1S/C16H13F2N3/c17-14-2-1-3-15(18)13(14)10-21-9-8-20-16(21)11-4-6-12(19)7-5-11/h1-9H,10,19H2. The van der Waals surface area contributed by atoms with Crippen molar-refractivity contribution in [3.63, 3.8) is 0 Å². The molecule has 0 amide bonds. The third-order valence-corrected chi connectivity index (χ3v) is 3.27. The minimum absolute atomic E-state index is 0.0206. The maximum absolute atomic E-state index is 13.7. The molecule has 1 heterocycles. The predicted molar refractivity (Wildman–Crippen MR) is 77.5 cm³/mol. The topological polar surface area (TPSA) is 43.8 Å². The number of hydrogen-bond donors (Lipinski definition) is 1. The number of nitrogens with zero attached hydrogens (tertiary/aromatic N) is 2. The highest BCUT2D eigenvalue weighted by Crippen LogP contribution is 2.21. The average molecular weight is 285 g/mol. The molecule has 5 heteroatoms. The molecule has 0 fully saturated rings. The molecule has 2 N–H and O–H groups in total. The lowest BCUT2D eigenvalue weighted by molar-refractivity contribution is 0.545. The molecule has 106 valence electrons. The van der Waals surface area contributed by atoms with Gasteiger partial charge in [0.25, 0.3) is 0 Å². The van der Waals surface area contributed by atoms with Gasteiger partial charge in [-0.2, -0.15) is 0 Å². The molecule has 0 radical (unpaired) electrons. The van der Waals surface area contributed by atoms with E-state index in [9.17, 15) is 8.78 Å². The molecule has 1 aromatic heterocycles. The van der Waals surface area contributed by atoms with Crippen LogP contribution in [0.4, 0.5) is 14.5 Å². The van der Waals surface area contributed by atoms with Crippen molar-refractivity contribution in [3.8, 4) is 11.4 Å². The Morgan fingerprint density at radius 1 is 1.00 bits per heavy atom. The summed E-state index contributed by atoms with van der Waals surface area (Å²) in [5.41, 5.74) is 7.16. The van der Waals surface area contributed by atoms with Gasteiger partial charge in [-0.3, -0.25) is 0 Å². The summed E-state index contributed by atoms with van der Waals surface area (Å²) in [5.74, 6) is -0.489. The molecule has 0 saturated carbocycles. The molecule has 21 heavy (non-hydrogen) atoms. The zero-order valence-electron chi connectivity index (χ0n) is 11.1. The van der Waals surface area contributed by atoms with Gasteiger partial charge in [-0.1, -0.05) is 6.07 Å². The van der Waals surface area contributed by atoms with E-state index in [4.69, 9.17) is 5.73 Å². The Bertz CT molecular complexity index is 743. The quantitative estimate of drug-likeness (QED) is 0.749. The fourth-order valence-corrected chi connectivity index (χ4v) is 2.18. The van der Waals surface area contributed by atoms with Crippen molar-refractivity contribution in [2.45, 2.75) is 6.54 Å². The number of aromatic nitrogens is 2. The molecule has 0 saturated heterocycles. The van der Waals surface area contributed by atoms with Gasteiger partial charge in [-0.15, -0.1) is 0 Å². The molecule has 3 aromatic rings. The van der Waals surface area contributed by atoms with Crippen LogP contribution in [-0.4, -0.2) is 9.55 Å². The zero-order chi connectivity index (χ0) is 14.8. The second-order valence-corrected chi connectivity index (χ2v) is 4.70. The number of nitrogens with two attached hydrogens (primary N) is 1. The first-order valence-electron chi connectivity index (χ1n) is 6.45. The number of halogens is 2. The lowest BCUT2D eigenvalue weighted by Gasteiger charge is -2.10. The first-order chi connectivity index (χ1) is 10.1. The molecule has 0 aliphatic carbocycles.